The van der Waals surface area contributed by atoms with Crippen LogP contribution in [0.2, 0.25) is 0 Å². The quantitative estimate of drug-likeness (QED) is 0.319. The number of fused-ring (bicyclic) bond motifs is 7. The zero-order valence-corrected chi connectivity index (χ0v) is 21.7. The molecule has 0 spiro atoms. The van der Waals surface area contributed by atoms with Crippen LogP contribution in [-0.4, -0.2) is 13.4 Å². The molecule has 3 heterocycles. The molecule has 0 bridgehead atoms. The van der Waals surface area contributed by atoms with E-state index < -0.39 is 0 Å². The molecule has 3 aliphatic rings. The molecule has 0 aliphatic carbocycles. The Bertz CT molecular complexity index is 1860. The van der Waals surface area contributed by atoms with Gasteiger partial charge in [0.2, 0.25) is 6.71 Å². The van der Waals surface area contributed by atoms with Crippen LogP contribution in [-0.2, 0) is 0 Å². The molecule has 0 fully saturated rings. The van der Waals surface area contributed by atoms with Gasteiger partial charge in [-0.3, -0.25) is 0 Å². The zero-order chi connectivity index (χ0) is 26.2. The molecule has 184 valence electrons. The highest BCUT2D eigenvalue weighted by Gasteiger charge is 2.40. The Labute approximate surface area is 234 Å². The summed E-state index contributed by atoms with van der Waals surface area (Å²) >= 11 is 0. The van der Waals surface area contributed by atoms with E-state index in [9.17, 15) is 0 Å². The van der Waals surface area contributed by atoms with E-state index in [0.717, 1.165) is 39.6 Å². The van der Waals surface area contributed by atoms with Gasteiger partial charge < -0.3 is 9.47 Å². The second kappa shape index (κ2) is 8.27. The lowest BCUT2D eigenvalue weighted by molar-refractivity contribution is 0.465. The molecule has 0 saturated heterocycles. The lowest BCUT2D eigenvalue weighted by Gasteiger charge is -2.33. The fourth-order valence-corrected chi connectivity index (χ4v) is 6.94. The minimum atomic E-state index is 0.0961. The minimum absolute atomic E-state index is 0.0961. The Kier molecular flexibility index (Phi) is 4.53. The zero-order valence-electron chi connectivity index (χ0n) is 21.7. The van der Waals surface area contributed by atoms with Gasteiger partial charge in [0.15, 0.2) is 0 Å². The van der Waals surface area contributed by atoms with E-state index in [4.69, 9.17) is 9.47 Å². The highest BCUT2D eigenvalue weighted by atomic mass is 16.5. The third-order valence-electron chi connectivity index (χ3n) is 8.70. The van der Waals surface area contributed by atoms with Gasteiger partial charge in [-0.1, -0.05) is 126 Å². The molecule has 0 aromatic heterocycles. The number of ether oxygens (including phenoxy) is 2. The highest BCUT2D eigenvalue weighted by Crippen LogP contribution is 2.38. The fourth-order valence-electron chi connectivity index (χ4n) is 6.94. The molecule has 6 aromatic rings. The molecule has 0 amide bonds. The van der Waals surface area contributed by atoms with Crippen molar-refractivity contribution in [2.45, 2.75) is 0 Å². The number of hydrogen-bond acceptors (Lipinski definition) is 2. The summed E-state index contributed by atoms with van der Waals surface area (Å²) in [6.45, 7) is 0.338. The predicted molar refractivity (Wildman–Crippen MR) is 166 cm³/mol. The third-order valence-corrected chi connectivity index (χ3v) is 8.70. The monoisotopic (exact) mass is 508 g/mol. The van der Waals surface area contributed by atoms with Crippen LogP contribution < -0.4 is 42.3 Å². The molecule has 40 heavy (non-hydrogen) atoms. The topological polar surface area (TPSA) is 18.5 Å². The molecule has 0 N–H and O–H groups in total. The first-order valence-electron chi connectivity index (χ1n) is 13.8. The normalized spacial score (nSPS) is 13.3. The summed E-state index contributed by atoms with van der Waals surface area (Å²) in [5.74, 6) is 3.56. The fraction of sp³-hybridized carbons (Fsp3) is 0. The summed E-state index contributed by atoms with van der Waals surface area (Å²) < 4.78 is 13.0. The van der Waals surface area contributed by atoms with Crippen molar-refractivity contribution in [3.63, 3.8) is 0 Å². The Morgan fingerprint density at radius 2 is 0.850 bits per heavy atom. The average Bonchev–Trinajstić information content (AvgIpc) is 3.35. The Hall–Kier alpha value is -4.95. The highest BCUT2D eigenvalue weighted by molar-refractivity contribution is 6.99. The van der Waals surface area contributed by atoms with Crippen LogP contribution in [0, 0.1) is 0 Å². The molecule has 0 atom stereocenters. The number of para-hydroxylation sites is 2. The summed E-state index contributed by atoms with van der Waals surface area (Å²) in [7, 11) is 0. The van der Waals surface area contributed by atoms with E-state index in [0.29, 0.717) is 0 Å². The number of hydrogen-bond donors (Lipinski definition) is 0. The summed E-state index contributed by atoms with van der Waals surface area (Å²) in [6, 6.07) is 47.7. The average molecular weight is 508 g/mol. The van der Waals surface area contributed by atoms with Crippen molar-refractivity contribution in [2.24, 2.45) is 0 Å². The van der Waals surface area contributed by atoms with Gasteiger partial charge >= 0.3 is 0 Å². The summed E-state index contributed by atoms with van der Waals surface area (Å²) in [6.07, 6.45) is 0. The second-order valence-electron chi connectivity index (χ2n) is 10.8. The van der Waals surface area contributed by atoms with E-state index in [1.807, 2.05) is 12.1 Å². The third kappa shape index (κ3) is 3.08. The summed E-state index contributed by atoms with van der Waals surface area (Å²) in [4.78, 5) is 0. The summed E-state index contributed by atoms with van der Waals surface area (Å²) in [5, 5.41) is 0. The molecule has 4 heteroatoms. The van der Waals surface area contributed by atoms with E-state index >= 15 is 0 Å². The standard InChI is InChI=1S/C36H22B2O2/c1-3-11-28-26(9-1)27-10-2-4-12-29(27)37(28)25-19-17-23(18-20-25)24-21-34-36-35(22-24)40-33-16-8-6-14-31(33)38(36)30-13-5-7-15-32(30)39-34/h1-22H. The lowest BCUT2D eigenvalue weighted by Crippen LogP contribution is -2.57. The van der Waals surface area contributed by atoms with Gasteiger partial charge in [0.25, 0.3) is 6.71 Å². The largest absolute Gasteiger partial charge is 0.458 e. The Balaban J connectivity index is 1.15. The maximum absolute atomic E-state index is 6.50. The van der Waals surface area contributed by atoms with Gasteiger partial charge in [-0.05, 0) is 57.4 Å². The predicted octanol–water partition coefficient (Wildman–Crippen LogP) is 4.58. The number of benzene rings is 6. The van der Waals surface area contributed by atoms with Gasteiger partial charge in [-0.25, -0.2) is 0 Å². The number of rotatable bonds is 2. The molecular formula is C36H22B2O2. The van der Waals surface area contributed by atoms with Gasteiger partial charge in [0.1, 0.15) is 23.0 Å². The second-order valence-corrected chi connectivity index (χ2v) is 10.8. The van der Waals surface area contributed by atoms with Crippen molar-refractivity contribution in [3.8, 4) is 45.3 Å². The van der Waals surface area contributed by atoms with Crippen LogP contribution in [0.25, 0.3) is 22.3 Å². The van der Waals surface area contributed by atoms with Crippen molar-refractivity contribution in [3.05, 3.63) is 133 Å². The molecule has 0 radical (unpaired) electrons. The van der Waals surface area contributed by atoms with Crippen LogP contribution in [0.5, 0.6) is 23.0 Å². The first kappa shape index (κ1) is 21.9. The van der Waals surface area contributed by atoms with Gasteiger partial charge in [0, 0.05) is 5.46 Å². The van der Waals surface area contributed by atoms with Crippen molar-refractivity contribution >= 4 is 46.2 Å². The van der Waals surface area contributed by atoms with Crippen LogP contribution in [0.15, 0.2) is 133 Å². The summed E-state index contributed by atoms with van der Waals surface area (Å²) in [5.41, 5.74) is 12.4. The van der Waals surface area contributed by atoms with Crippen LogP contribution in [0.4, 0.5) is 0 Å². The van der Waals surface area contributed by atoms with Crippen molar-refractivity contribution in [2.75, 3.05) is 0 Å². The van der Waals surface area contributed by atoms with E-state index in [-0.39, 0.29) is 13.4 Å². The van der Waals surface area contributed by atoms with E-state index in [2.05, 4.69) is 121 Å². The molecule has 6 aromatic carbocycles. The van der Waals surface area contributed by atoms with E-state index in [1.165, 1.54) is 38.4 Å². The van der Waals surface area contributed by atoms with Gasteiger partial charge in [-0.2, -0.15) is 0 Å². The molecule has 0 unspecified atom stereocenters. The first-order chi connectivity index (χ1) is 19.8. The lowest BCUT2D eigenvalue weighted by atomic mass is 9.35. The van der Waals surface area contributed by atoms with Crippen LogP contribution >= 0.6 is 0 Å². The smallest absolute Gasteiger partial charge is 0.260 e. The van der Waals surface area contributed by atoms with Crippen molar-refractivity contribution in [1.29, 1.82) is 0 Å². The maximum Gasteiger partial charge on any atom is 0.260 e. The first-order valence-corrected chi connectivity index (χ1v) is 13.8. The van der Waals surface area contributed by atoms with E-state index in [1.54, 1.807) is 0 Å². The Morgan fingerprint density at radius 1 is 0.375 bits per heavy atom. The van der Waals surface area contributed by atoms with Crippen LogP contribution in [0.3, 0.4) is 0 Å². The molecule has 2 nitrogen and oxygen atoms in total. The van der Waals surface area contributed by atoms with Crippen molar-refractivity contribution < 1.29 is 9.47 Å². The molecule has 9 rings (SSSR count). The molecule has 3 aliphatic heterocycles. The molecule has 0 saturated carbocycles. The van der Waals surface area contributed by atoms with Gasteiger partial charge in [0.05, 0.1) is 0 Å². The van der Waals surface area contributed by atoms with Crippen LogP contribution in [0.1, 0.15) is 0 Å². The van der Waals surface area contributed by atoms with Crippen molar-refractivity contribution in [1.82, 2.24) is 0 Å². The minimum Gasteiger partial charge on any atom is -0.458 e. The molecular weight excluding hydrogens is 486 g/mol. The maximum atomic E-state index is 6.50. The Morgan fingerprint density at radius 3 is 1.40 bits per heavy atom. The van der Waals surface area contributed by atoms with Gasteiger partial charge in [-0.15, -0.1) is 0 Å². The SMILES string of the molecule is c1ccc2c(c1)Oc1cc(-c3ccc(B4c5ccccc5-c5ccccc54)cc3)cc3c1B2c1ccccc1O3.